The lowest BCUT2D eigenvalue weighted by molar-refractivity contribution is -0.137. The van der Waals surface area contributed by atoms with E-state index in [1.807, 2.05) is 4.90 Å². The highest BCUT2D eigenvalue weighted by molar-refractivity contribution is 6.31. The van der Waals surface area contributed by atoms with E-state index >= 15 is 0 Å². The molecule has 0 spiro atoms. The van der Waals surface area contributed by atoms with Crippen molar-refractivity contribution in [3.8, 4) is 0 Å². The van der Waals surface area contributed by atoms with Gasteiger partial charge in [-0.1, -0.05) is 11.6 Å². The summed E-state index contributed by atoms with van der Waals surface area (Å²) in [6.45, 7) is 4.24. The van der Waals surface area contributed by atoms with Gasteiger partial charge in [-0.15, -0.1) is 0 Å². The number of likely N-dealkylation sites (N-methyl/N-ethyl adjacent to an activating group) is 1. The smallest absolute Gasteiger partial charge is 0.317 e. The molecular formula is C20H27ClFN3O3. The molecule has 2 aliphatic rings. The topological polar surface area (TPSA) is 61.9 Å². The zero-order valence-electron chi connectivity index (χ0n) is 16.3. The number of urea groups is 1. The monoisotopic (exact) mass is 411 g/mol. The van der Waals surface area contributed by atoms with Crippen molar-refractivity contribution >= 4 is 23.5 Å². The molecule has 0 saturated carbocycles. The lowest BCUT2D eigenvalue weighted by Gasteiger charge is -2.38. The summed E-state index contributed by atoms with van der Waals surface area (Å²) in [5.74, 6) is -0.379. The summed E-state index contributed by atoms with van der Waals surface area (Å²) in [7, 11) is 1.72. The van der Waals surface area contributed by atoms with Crippen LogP contribution in [0.4, 0.5) is 9.18 Å². The van der Waals surface area contributed by atoms with Crippen LogP contribution in [0.3, 0.4) is 0 Å². The van der Waals surface area contributed by atoms with E-state index in [4.69, 9.17) is 16.3 Å². The number of hydrogen-bond acceptors (Lipinski definition) is 3. The number of carbonyl (C=O) groups is 2. The van der Waals surface area contributed by atoms with Gasteiger partial charge in [-0.25, -0.2) is 9.18 Å². The van der Waals surface area contributed by atoms with Crippen molar-refractivity contribution < 1.29 is 18.7 Å². The van der Waals surface area contributed by atoms with E-state index < -0.39 is 5.82 Å². The van der Waals surface area contributed by atoms with Gasteiger partial charge in [-0.05, 0) is 43.9 Å². The highest BCUT2D eigenvalue weighted by Gasteiger charge is 2.33. The molecule has 2 heterocycles. The molecule has 2 aliphatic heterocycles. The normalized spacial score (nSPS) is 22.2. The molecule has 3 amide bonds. The molecule has 154 valence electrons. The van der Waals surface area contributed by atoms with Gasteiger partial charge in [0, 0.05) is 43.9 Å². The maximum Gasteiger partial charge on any atom is 0.317 e. The molecule has 2 saturated heterocycles. The van der Waals surface area contributed by atoms with Crippen molar-refractivity contribution in [1.82, 2.24) is 15.1 Å². The number of ether oxygens (including phenoxy) is 1. The lowest BCUT2D eigenvalue weighted by Crippen LogP contribution is -2.53. The summed E-state index contributed by atoms with van der Waals surface area (Å²) < 4.78 is 19.3. The quantitative estimate of drug-likeness (QED) is 0.828. The molecule has 1 N–H and O–H groups in total. The minimum Gasteiger partial charge on any atom is -0.381 e. The molecule has 2 fully saturated rings. The second kappa shape index (κ2) is 9.09. The van der Waals surface area contributed by atoms with Crippen molar-refractivity contribution in [1.29, 1.82) is 0 Å². The average Bonchev–Trinajstić information content (AvgIpc) is 3.23. The fourth-order valence-electron chi connectivity index (χ4n) is 3.77. The average molecular weight is 412 g/mol. The number of aryl methyl sites for hydroxylation is 1. The second-order valence-electron chi connectivity index (χ2n) is 7.60. The Morgan fingerprint density at radius 3 is 2.89 bits per heavy atom. The largest absolute Gasteiger partial charge is 0.381 e. The summed E-state index contributed by atoms with van der Waals surface area (Å²) in [5, 5.41) is 3.13. The number of carbonyl (C=O) groups excluding carboxylic acids is 2. The van der Waals surface area contributed by atoms with Crippen molar-refractivity contribution in [2.24, 2.45) is 5.92 Å². The Bertz CT molecular complexity index is 740. The Kier molecular flexibility index (Phi) is 6.78. The predicted octanol–water partition coefficient (Wildman–Crippen LogP) is 2.96. The summed E-state index contributed by atoms with van der Waals surface area (Å²) in [6.07, 6.45) is 2.46. The van der Waals surface area contributed by atoms with E-state index in [2.05, 4.69) is 5.32 Å². The van der Waals surface area contributed by atoms with Crippen molar-refractivity contribution in [3.63, 3.8) is 0 Å². The fraction of sp³-hybridized carbons (Fsp3) is 0.600. The zero-order chi connectivity index (χ0) is 20.3. The predicted molar refractivity (Wildman–Crippen MR) is 105 cm³/mol. The maximum atomic E-state index is 14.0. The minimum absolute atomic E-state index is 0.0585. The van der Waals surface area contributed by atoms with E-state index in [1.54, 1.807) is 24.9 Å². The van der Waals surface area contributed by atoms with Crippen molar-refractivity contribution in [2.45, 2.75) is 38.8 Å². The number of nitrogens with one attached hydrogen (secondary N) is 1. The van der Waals surface area contributed by atoms with Gasteiger partial charge < -0.3 is 19.9 Å². The number of nitrogens with zero attached hydrogens (tertiary/aromatic N) is 2. The molecule has 2 atom stereocenters. The minimum atomic E-state index is -0.438. The Labute approximate surface area is 170 Å². The van der Waals surface area contributed by atoms with E-state index in [0.717, 1.165) is 31.4 Å². The first-order valence-electron chi connectivity index (χ1n) is 9.68. The van der Waals surface area contributed by atoms with Gasteiger partial charge in [-0.3, -0.25) is 4.79 Å². The summed E-state index contributed by atoms with van der Waals surface area (Å²) in [4.78, 5) is 28.6. The number of benzene rings is 1. The fourth-order valence-corrected chi connectivity index (χ4v) is 3.92. The van der Waals surface area contributed by atoms with Gasteiger partial charge in [0.2, 0.25) is 5.91 Å². The van der Waals surface area contributed by atoms with Crippen molar-refractivity contribution in [2.75, 3.05) is 33.4 Å². The Hall–Kier alpha value is -1.86. The number of amides is 3. The van der Waals surface area contributed by atoms with Crippen LogP contribution >= 0.6 is 11.6 Å². The highest BCUT2D eigenvalue weighted by atomic mass is 35.5. The highest BCUT2D eigenvalue weighted by Crippen LogP contribution is 2.22. The molecular weight excluding hydrogens is 385 g/mol. The van der Waals surface area contributed by atoms with Crippen LogP contribution in [0.15, 0.2) is 12.1 Å². The van der Waals surface area contributed by atoms with Crippen LogP contribution in [0.25, 0.3) is 0 Å². The van der Waals surface area contributed by atoms with E-state index in [9.17, 15) is 14.0 Å². The van der Waals surface area contributed by atoms with Gasteiger partial charge in [0.25, 0.3) is 0 Å². The van der Waals surface area contributed by atoms with E-state index in [-0.39, 0.29) is 30.4 Å². The van der Waals surface area contributed by atoms with Crippen LogP contribution < -0.4 is 5.32 Å². The molecule has 1 aromatic rings. The van der Waals surface area contributed by atoms with Gasteiger partial charge in [-0.2, -0.15) is 0 Å². The van der Waals surface area contributed by atoms with E-state index in [0.29, 0.717) is 30.3 Å². The van der Waals surface area contributed by atoms with Crippen LogP contribution in [0.5, 0.6) is 0 Å². The maximum absolute atomic E-state index is 14.0. The first-order valence-corrected chi connectivity index (χ1v) is 10.1. The number of piperidine rings is 1. The zero-order valence-corrected chi connectivity index (χ0v) is 17.1. The van der Waals surface area contributed by atoms with Crippen LogP contribution in [0.1, 0.15) is 30.4 Å². The number of halogens is 2. The molecule has 3 rings (SSSR count). The third-order valence-electron chi connectivity index (χ3n) is 5.61. The third-order valence-corrected chi connectivity index (χ3v) is 6.02. The molecule has 28 heavy (non-hydrogen) atoms. The Morgan fingerprint density at radius 2 is 2.18 bits per heavy atom. The summed E-state index contributed by atoms with van der Waals surface area (Å²) >= 11 is 5.91. The second-order valence-corrected chi connectivity index (χ2v) is 8.01. The molecule has 1 aromatic carbocycles. The van der Waals surface area contributed by atoms with Crippen LogP contribution in [-0.4, -0.2) is 61.1 Å². The molecule has 0 radical (unpaired) electrons. The summed E-state index contributed by atoms with van der Waals surface area (Å²) in [5.41, 5.74) is 1.16. The first-order chi connectivity index (χ1) is 13.4. The van der Waals surface area contributed by atoms with E-state index in [1.165, 1.54) is 6.07 Å². The summed E-state index contributed by atoms with van der Waals surface area (Å²) in [6, 6.07) is 2.56. The van der Waals surface area contributed by atoms with Gasteiger partial charge in [0.05, 0.1) is 18.6 Å². The Morgan fingerprint density at radius 1 is 1.39 bits per heavy atom. The number of hydrogen-bond donors (Lipinski definition) is 1. The molecule has 6 nitrogen and oxygen atoms in total. The Balaban J connectivity index is 1.55. The molecule has 0 bridgehead atoms. The van der Waals surface area contributed by atoms with Crippen LogP contribution in [-0.2, 0) is 16.1 Å². The lowest BCUT2D eigenvalue weighted by atomic mass is 10.0. The first kappa shape index (κ1) is 20.9. The molecule has 0 aliphatic carbocycles. The SMILES string of the molecule is Cc1cc(CNC(=O)N(C)[C@@H]2CCCN(C(=O)[C@H]3CCOC3)C2)c(F)cc1Cl. The van der Waals surface area contributed by atoms with Gasteiger partial charge >= 0.3 is 6.03 Å². The van der Waals surface area contributed by atoms with Crippen molar-refractivity contribution in [3.05, 3.63) is 34.1 Å². The van der Waals surface area contributed by atoms with Crippen LogP contribution in [0, 0.1) is 18.7 Å². The van der Waals surface area contributed by atoms with Gasteiger partial charge in [0.1, 0.15) is 5.82 Å². The van der Waals surface area contributed by atoms with Gasteiger partial charge in [0.15, 0.2) is 0 Å². The number of likely N-dealkylation sites (tertiary alicyclic amines) is 1. The third kappa shape index (κ3) is 4.75. The molecule has 0 aromatic heterocycles. The van der Waals surface area contributed by atoms with Crippen LogP contribution in [0.2, 0.25) is 5.02 Å². The number of rotatable bonds is 4. The molecule has 0 unspecified atom stereocenters. The molecule has 8 heteroatoms. The standard InChI is InChI=1S/C20H27ClFN3O3/c1-13-8-15(18(22)9-17(13)21)10-23-20(27)24(2)16-4-3-6-25(11-16)19(26)14-5-7-28-12-14/h8-9,14,16H,3-7,10-12H2,1-2H3,(H,23,27)/t14-,16+/m0/s1.